The van der Waals surface area contributed by atoms with E-state index in [1.165, 1.54) is 12.1 Å². The highest BCUT2D eigenvalue weighted by Crippen LogP contribution is 2.18. The third kappa shape index (κ3) is 3.46. The number of hydrogen-bond donors (Lipinski definition) is 2. The molecule has 0 saturated carbocycles. The fourth-order valence-corrected chi connectivity index (χ4v) is 1.98. The molecule has 1 aromatic carbocycles. The highest BCUT2D eigenvalue weighted by Gasteiger charge is 2.12. The van der Waals surface area contributed by atoms with Crippen LogP contribution >= 0.6 is 11.8 Å². The smallest absolute Gasteiger partial charge is 0.321 e. The van der Waals surface area contributed by atoms with Gasteiger partial charge in [0, 0.05) is 17.1 Å². The van der Waals surface area contributed by atoms with Crippen LogP contribution in [-0.4, -0.2) is 22.9 Å². The van der Waals surface area contributed by atoms with E-state index in [0.29, 0.717) is 0 Å². The molecule has 3 nitrogen and oxygen atoms in total. The van der Waals surface area contributed by atoms with Gasteiger partial charge in [0.25, 0.3) is 0 Å². The largest absolute Gasteiger partial charge is 0.480 e. The van der Waals surface area contributed by atoms with E-state index in [2.05, 4.69) is 0 Å². The summed E-state index contributed by atoms with van der Waals surface area (Å²) in [6, 6.07) is 2.91. The molecule has 0 aliphatic rings. The molecule has 0 bridgehead atoms. The molecule has 0 aliphatic heterocycles. The maximum atomic E-state index is 13.1. The molecule has 16 heavy (non-hydrogen) atoms. The molecule has 0 radical (unpaired) electrons. The number of hydrogen-bond acceptors (Lipinski definition) is 3. The molecule has 0 unspecified atom stereocenters. The van der Waals surface area contributed by atoms with Gasteiger partial charge in [0.2, 0.25) is 0 Å². The first-order valence-electron chi connectivity index (χ1n) is 4.51. The average molecular weight is 247 g/mol. The van der Waals surface area contributed by atoms with E-state index < -0.39 is 23.6 Å². The van der Waals surface area contributed by atoms with Gasteiger partial charge in [0.1, 0.15) is 6.04 Å². The van der Waals surface area contributed by atoms with Crippen LogP contribution in [0.1, 0.15) is 5.56 Å². The van der Waals surface area contributed by atoms with Crippen molar-refractivity contribution in [2.24, 2.45) is 5.73 Å². The monoisotopic (exact) mass is 247 g/mol. The predicted molar refractivity (Wildman–Crippen MR) is 58.1 cm³/mol. The molecular formula is C10H11F2NO2S. The molecule has 0 aliphatic carbocycles. The Morgan fingerprint density at radius 2 is 2.19 bits per heavy atom. The van der Waals surface area contributed by atoms with E-state index in [4.69, 9.17) is 10.8 Å². The van der Waals surface area contributed by atoms with Crippen LogP contribution in [0.25, 0.3) is 0 Å². The summed E-state index contributed by atoms with van der Waals surface area (Å²) in [5, 5.41) is 8.51. The van der Waals surface area contributed by atoms with Crippen LogP contribution in [0.2, 0.25) is 0 Å². The van der Waals surface area contributed by atoms with Crippen LogP contribution in [0.4, 0.5) is 8.78 Å². The summed E-state index contributed by atoms with van der Waals surface area (Å²) in [7, 11) is 0. The number of nitrogens with two attached hydrogens (primary N) is 1. The van der Waals surface area contributed by atoms with Gasteiger partial charge in [-0.2, -0.15) is 11.8 Å². The van der Waals surface area contributed by atoms with Gasteiger partial charge in [-0.3, -0.25) is 4.79 Å². The number of rotatable bonds is 5. The maximum Gasteiger partial charge on any atom is 0.321 e. The fourth-order valence-electron chi connectivity index (χ4n) is 1.03. The van der Waals surface area contributed by atoms with Crippen molar-refractivity contribution < 1.29 is 18.7 Å². The average Bonchev–Trinajstić information content (AvgIpc) is 2.24. The van der Waals surface area contributed by atoms with Gasteiger partial charge in [0.15, 0.2) is 11.6 Å². The molecule has 0 heterocycles. The Labute approximate surface area is 95.6 Å². The highest BCUT2D eigenvalue weighted by atomic mass is 32.2. The van der Waals surface area contributed by atoms with Crippen LogP contribution < -0.4 is 5.73 Å². The Balaban J connectivity index is 2.49. The molecule has 3 N–H and O–H groups in total. The van der Waals surface area contributed by atoms with Crippen molar-refractivity contribution in [1.29, 1.82) is 0 Å². The Morgan fingerprint density at radius 1 is 1.50 bits per heavy atom. The Morgan fingerprint density at radius 3 is 2.81 bits per heavy atom. The van der Waals surface area contributed by atoms with Crippen LogP contribution in [0.15, 0.2) is 18.2 Å². The molecule has 1 atom stereocenters. The van der Waals surface area contributed by atoms with Gasteiger partial charge >= 0.3 is 5.97 Å². The first-order chi connectivity index (χ1) is 7.52. The van der Waals surface area contributed by atoms with E-state index in [0.717, 1.165) is 17.8 Å². The fraction of sp³-hybridized carbons (Fsp3) is 0.300. The summed E-state index contributed by atoms with van der Waals surface area (Å²) in [4.78, 5) is 10.4. The van der Waals surface area contributed by atoms with Crippen LogP contribution in [0, 0.1) is 11.6 Å². The molecular weight excluding hydrogens is 236 g/mol. The van der Waals surface area contributed by atoms with Gasteiger partial charge in [0.05, 0.1) is 0 Å². The zero-order chi connectivity index (χ0) is 12.1. The molecule has 1 aromatic rings. The lowest BCUT2D eigenvalue weighted by molar-refractivity contribution is -0.137. The van der Waals surface area contributed by atoms with Crippen molar-refractivity contribution >= 4 is 17.7 Å². The second kappa shape index (κ2) is 5.81. The predicted octanol–water partition coefficient (Wildman–Crippen LogP) is 1.61. The van der Waals surface area contributed by atoms with Gasteiger partial charge in [-0.15, -0.1) is 0 Å². The van der Waals surface area contributed by atoms with Gasteiger partial charge < -0.3 is 10.8 Å². The third-order valence-corrected chi connectivity index (χ3v) is 3.01. The van der Waals surface area contributed by atoms with E-state index in [1.54, 1.807) is 0 Å². The van der Waals surface area contributed by atoms with E-state index in [9.17, 15) is 13.6 Å². The number of benzene rings is 1. The minimum atomic E-state index is -1.10. The van der Waals surface area contributed by atoms with Crippen molar-refractivity contribution in [3.63, 3.8) is 0 Å². The van der Waals surface area contributed by atoms with E-state index >= 15 is 0 Å². The summed E-state index contributed by atoms with van der Waals surface area (Å²) < 4.78 is 25.9. The number of carboxylic acids is 1. The summed E-state index contributed by atoms with van der Waals surface area (Å²) >= 11 is 1.15. The number of halogens is 2. The Bertz CT molecular complexity index is 387. The number of carbonyl (C=O) groups is 1. The quantitative estimate of drug-likeness (QED) is 0.829. The lowest BCUT2D eigenvalue weighted by Crippen LogP contribution is -2.32. The lowest BCUT2D eigenvalue weighted by atomic mass is 10.2. The molecule has 0 spiro atoms. The first-order valence-corrected chi connectivity index (χ1v) is 5.67. The van der Waals surface area contributed by atoms with Crippen LogP contribution in [0.5, 0.6) is 0 Å². The number of thioether (sulfide) groups is 1. The molecule has 88 valence electrons. The van der Waals surface area contributed by atoms with Gasteiger partial charge in [-0.25, -0.2) is 8.78 Å². The van der Waals surface area contributed by atoms with Crippen molar-refractivity contribution in [2.45, 2.75) is 11.8 Å². The number of aliphatic carboxylic acids is 1. The molecule has 0 amide bonds. The van der Waals surface area contributed by atoms with Crippen molar-refractivity contribution in [3.05, 3.63) is 35.4 Å². The summed E-state index contributed by atoms with van der Waals surface area (Å²) in [6.45, 7) is 0. The second-order valence-electron chi connectivity index (χ2n) is 3.17. The maximum absolute atomic E-state index is 13.1. The second-order valence-corrected chi connectivity index (χ2v) is 4.20. The van der Waals surface area contributed by atoms with Crippen molar-refractivity contribution in [3.8, 4) is 0 Å². The van der Waals surface area contributed by atoms with Crippen LogP contribution in [-0.2, 0) is 10.5 Å². The van der Waals surface area contributed by atoms with Gasteiger partial charge in [-0.05, 0) is 6.07 Å². The third-order valence-electron chi connectivity index (χ3n) is 1.90. The lowest BCUT2D eigenvalue weighted by Gasteiger charge is -2.06. The first kappa shape index (κ1) is 12.9. The molecule has 0 aromatic heterocycles. The summed E-state index contributed by atoms with van der Waals surface area (Å²) in [5.41, 5.74) is 5.47. The molecule has 6 heteroatoms. The standard InChI is InChI=1S/C10H11F2NO2S/c11-7-3-1-2-6(9(7)12)4-16-5-8(13)10(14)15/h1-3,8H,4-5,13H2,(H,14,15)/t8-/m1/s1. The molecule has 0 saturated heterocycles. The van der Waals surface area contributed by atoms with E-state index in [-0.39, 0.29) is 17.1 Å². The SMILES string of the molecule is N[C@H](CSCc1cccc(F)c1F)C(=O)O. The van der Waals surface area contributed by atoms with Gasteiger partial charge in [-0.1, -0.05) is 12.1 Å². The van der Waals surface area contributed by atoms with Crippen LogP contribution in [0.3, 0.4) is 0 Å². The Hall–Kier alpha value is -1.14. The minimum absolute atomic E-state index is 0.158. The van der Waals surface area contributed by atoms with Crippen molar-refractivity contribution in [1.82, 2.24) is 0 Å². The minimum Gasteiger partial charge on any atom is -0.480 e. The van der Waals surface area contributed by atoms with E-state index in [1.807, 2.05) is 0 Å². The molecule has 0 fully saturated rings. The topological polar surface area (TPSA) is 63.3 Å². The normalized spacial score (nSPS) is 12.4. The molecule has 1 rings (SSSR count). The Kier molecular flexibility index (Phi) is 4.70. The zero-order valence-electron chi connectivity index (χ0n) is 8.32. The zero-order valence-corrected chi connectivity index (χ0v) is 9.14. The number of carboxylic acid groups (broad SMARTS) is 1. The highest BCUT2D eigenvalue weighted by molar-refractivity contribution is 7.98. The summed E-state index contributed by atoms with van der Waals surface area (Å²) in [6.07, 6.45) is 0. The van der Waals surface area contributed by atoms with Crippen molar-refractivity contribution in [2.75, 3.05) is 5.75 Å². The summed E-state index contributed by atoms with van der Waals surface area (Å²) in [5.74, 6) is -2.54.